The molecular formula is C23H21Br2N3O4S. The Morgan fingerprint density at radius 3 is 2.42 bits per heavy atom. The monoisotopic (exact) mass is 593 g/mol. The first-order chi connectivity index (χ1) is 15.7. The molecule has 10 heteroatoms. The number of sulfonamides is 1. The third-order valence-corrected chi connectivity index (χ3v) is 7.22. The quantitative estimate of drug-likeness (QED) is 0.257. The highest BCUT2D eigenvalue weighted by Crippen LogP contribution is 2.30. The third kappa shape index (κ3) is 6.97. The highest BCUT2D eigenvalue weighted by Gasteiger charge is 2.23. The normalized spacial score (nSPS) is 12.6. The maximum atomic E-state index is 12.9. The van der Waals surface area contributed by atoms with Gasteiger partial charge in [-0.3, -0.25) is 4.79 Å². The fraction of sp³-hybridized carbons (Fsp3) is 0.130. The molecule has 1 amide bonds. The van der Waals surface area contributed by atoms with Crippen LogP contribution in [0.5, 0.6) is 5.75 Å². The molecule has 0 aliphatic carbocycles. The molecule has 1 atom stereocenters. The molecule has 0 radical (unpaired) electrons. The molecule has 3 N–H and O–H groups in total. The molecule has 7 nitrogen and oxygen atoms in total. The molecule has 0 unspecified atom stereocenters. The second-order valence-electron chi connectivity index (χ2n) is 7.22. The third-order valence-electron chi connectivity index (χ3n) is 4.67. The van der Waals surface area contributed by atoms with E-state index in [4.69, 9.17) is 0 Å². The highest BCUT2D eigenvalue weighted by atomic mass is 79.9. The number of hydrogen-bond acceptors (Lipinski definition) is 5. The number of phenols is 1. The molecule has 0 fully saturated rings. The lowest BCUT2D eigenvalue weighted by Gasteiger charge is -2.18. The number of carbonyl (C=O) groups excluding carboxylic acids is 1. The van der Waals surface area contributed by atoms with Crippen LogP contribution in [0.15, 0.2) is 85.7 Å². The van der Waals surface area contributed by atoms with Gasteiger partial charge in [-0.15, -0.1) is 0 Å². The fourth-order valence-corrected chi connectivity index (χ4v) is 5.46. The molecule has 3 rings (SSSR count). The van der Waals surface area contributed by atoms with Gasteiger partial charge in [-0.1, -0.05) is 64.0 Å². The Hall–Kier alpha value is -2.53. The predicted molar refractivity (Wildman–Crippen MR) is 135 cm³/mol. The van der Waals surface area contributed by atoms with E-state index in [0.717, 1.165) is 10.0 Å². The second kappa shape index (κ2) is 11.1. The molecule has 33 heavy (non-hydrogen) atoms. The van der Waals surface area contributed by atoms with Crippen LogP contribution in [0.4, 0.5) is 0 Å². The van der Waals surface area contributed by atoms with Crippen molar-refractivity contribution in [1.82, 2.24) is 10.1 Å². The summed E-state index contributed by atoms with van der Waals surface area (Å²) >= 11 is 6.56. The number of hydrogen-bond donors (Lipinski definition) is 3. The van der Waals surface area contributed by atoms with Crippen LogP contribution in [-0.2, 0) is 14.8 Å². The number of rotatable bonds is 8. The average Bonchev–Trinajstić information content (AvgIpc) is 2.77. The standard InChI is InChI=1S/C23H21Br2N3O4S/c1-15-7-9-19(10-8-15)33(31,32)28-21(16-5-3-2-4-6-16)13-22(29)27-26-14-17-11-18(24)12-20(25)23(17)30/h2-12,14,21,28,30H,13H2,1H3,(H,27,29)/b26-14-/t21-/m1/s1. The lowest BCUT2D eigenvalue weighted by Crippen LogP contribution is -2.32. The van der Waals surface area contributed by atoms with Gasteiger partial charge in [0.25, 0.3) is 0 Å². The minimum absolute atomic E-state index is 0.0239. The second-order valence-corrected chi connectivity index (χ2v) is 10.7. The molecule has 0 aromatic heterocycles. The highest BCUT2D eigenvalue weighted by molar-refractivity contribution is 9.11. The van der Waals surface area contributed by atoms with Gasteiger partial charge in [-0.25, -0.2) is 18.6 Å². The van der Waals surface area contributed by atoms with Gasteiger partial charge in [0.05, 0.1) is 21.6 Å². The van der Waals surface area contributed by atoms with Crippen LogP contribution in [0.3, 0.4) is 0 Å². The smallest absolute Gasteiger partial charge is 0.242 e. The van der Waals surface area contributed by atoms with E-state index in [1.807, 2.05) is 13.0 Å². The Bertz CT molecular complexity index is 1260. The minimum atomic E-state index is -3.86. The molecule has 0 saturated heterocycles. The molecular weight excluding hydrogens is 574 g/mol. The van der Waals surface area contributed by atoms with E-state index >= 15 is 0 Å². The maximum absolute atomic E-state index is 12.9. The number of halogens is 2. The van der Waals surface area contributed by atoms with Crippen LogP contribution in [0.2, 0.25) is 0 Å². The molecule has 3 aromatic carbocycles. The number of amides is 1. The van der Waals surface area contributed by atoms with E-state index in [2.05, 4.69) is 47.1 Å². The Labute approximate surface area is 209 Å². The number of nitrogens with one attached hydrogen (secondary N) is 2. The van der Waals surface area contributed by atoms with Crippen molar-refractivity contribution in [2.75, 3.05) is 0 Å². The van der Waals surface area contributed by atoms with Gasteiger partial charge in [-0.05, 0) is 52.7 Å². The van der Waals surface area contributed by atoms with Crippen molar-refractivity contribution < 1.29 is 18.3 Å². The van der Waals surface area contributed by atoms with Crippen molar-refractivity contribution in [2.24, 2.45) is 5.10 Å². The van der Waals surface area contributed by atoms with Crippen LogP contribution < -0.4 is 10.1 Å². The number of aryl methyl sites for hydroxylation is 1. The zero-order chi connectivity index (χ0) is 24.0. The van der Waals surface area contributed by atoms with Gasteiger partial charge in [0, 0.05) is 16.5 Å². The first kappa shape index (κ1) is 25.1. The van der Waals surface area contributed by atoms with Crippen molar-refractivity contribution in [2.45, 2.75) is 24.3 Å². The van der Waals surface area contributed by atoms with Gasteiger partial charge >= 0.3 is 0 Å². The molecule has 0 saturated carbocycles. The van der Waals surface area contributed by atoms with Gasteiger partial charge in [-0.2, -0.15) is 5.10 Å². The van der Waals surface area contributed by atoms with Crippen LogP contribution in [0, 0.1) is 6.92 Å². The average molecular weight is 595 g/mol. The summed E-state index contributed by atoms with van der Waals surface area (Å²) in [6.07, 6.45) is 1.12. The van der Waals surface area contributed by atoms with E-state index < -0.39 is 22.0 Å². The summed E-state index contributed by atoms with van der Waals surface area (Å²) < 4.78 is 29.6. The molecule has 0 spiro atoms. The molecule has 0 aliphatic rings. The number of nitrogens with zero attached hydrogens (tertiary/aromatic N) is 1. The SMILES string of the molecule is Cc1ccc(S(=O)(=O)N[C@H](CC(=O)N/N=C\c2cc(Br)cc(Br)c2O)c2ccccc2)cc1. The first-order valence-corrected chi connectivity index (χ1v) is 12.9. The Morgan fingerprint density at radius 1 is 1.09 bits per heavy atom. The van der Waals surface area contributed by atoms with E-state index in [1.54, 1.807) is 48.5 Å². The summed E-state index contributed by atoms with van der Waals surface area (Å²) in [6, 6.07) is 17.8. The fourth-order valence-electron chi connectivity index (χ4n) is 2.97. The van der Waals surface area contributed by atoms with Crippen LogP contribution in [0.1, 0.15) is 29.2 Å². The number of hydrazone groups is 1. The number of aromatic hydroxyl groups is 1. The van der Waals surface area contributed by atoms with Crippen LogP contribution in [0.25, 0.3) is 0 Å². The lowest BCUT2D eigenvalue weighted by atomic mass is 10.0. The summed E-state index contributed by atoms with van der Waals surface area (Å²) in [4.78, 5) is 12.7. The van der Waals surface area contributed by atoms with Crippen molar-refractivity contribution in [3.63, 3.8) is 0 Å². The maximum Gasteiger partial charge on any atom is 0.242 e. The predicted octanol–water partition coefficient (Wildman–Crippen LogP) is 4.79. The summed E-state index contributed by atoms with van der Waals surface area (Å²) in [5.74, 6) is -0.524. The van der Waals surface area contributed by atoms with Gasteiger partial charge < -0.3 is 5.11 Å². The zero-order valence-corrected chi connectivity index (χ0v) is 21.5. The Kier molecular flexibility index (Phi) is 8.41. The number of phenolic OH excluding ortho intramolecular Hbond substituents is 1. The van der Waals surface area contributed by atoms with E-state index in [9.17, 15) is 18.3 Å². The van der Waals surface area contributed by atoms with Crippen LogP contribution in [-0.4, -0.2) is 25.6 Å². The summed E-state index contributed by atoms with van der Waals surface area (Å²) in [5.41, 5.74) is 4.35. The number of carbonyl (C=O) groups is 1. The minimum Gasteiger partial charge on any atom is -0.506 e. The lowest BCUT2D eigenvalue weighted by molar-refractivity contribution is -0.121. The van der Waals surface area contributed by atoms with E-state index in [1.165, 1.54) is 18.3 Å². The van der Waals surface area contributed by atoms with Crippen LogP contribution >= 0.6 is 31.9 Å². The molecule has 0 heterocycles. The molecule has 3 aromatic rings. The van der Waals surface area contributed by atoms with Crippen molar-refractivity contribution >= 4 is 54.0 Å². The topological polar surface area (TPSA) is 108 Å². The Balaban J connectivity index is 1.76. The molecule has 0 bridgehead atoms. The summed E-state index contributed by atoms with van der Waals surface area (Å²) in [7, 11) is -3.86. The zero-order valence-electron chi connectivity index (χ0n) is 17.5. The van der Waals surface area contributed by atoms with Gasteiger partial charge in [0.1, 0.15) is 5.75 Å². The first-order valence-electron chi connectivity index (χ1n) is 9.79. The van der Waals surface area contributed by atoms with Crippen molar-refractivity contribution in [3.8, 4) is 5.75 Å². The summed E-state index contributed by atoms with van der Waals surface area (Å²) in [6.45, 7) is 1.87. The molecule has 172 valence electrons. The van der Waals surface area contributed by atoms with Crippen molar-refractivity contribution in [1.29, 1.82) is 0 Å². The number of benzene rings is 3. The largest absolute Gasteiger partial charge is 0.506 e. The van der Waals surface area contributed by atoms with Gasteiger partial charge in [0.15, 0.2) is 0 Å². The summed E-state index contributed by atoms with van der Waals surface area (Å²) in [5, 5.41) is 14.0. The molecule has 0 aliphatic heterocycles. The van der Waals surface area contributed by atoms with Gasteiger partial charge in [0.2, 0.25) is 15.9 Å². The Morgan fingerprint density at radius 2 is 1.76 bits per heavy atom. The van der Waals surface area contributed by atoms with E-state index in [-0.39, 0.29) is 17.1 Å². The van der Waals surface area contributed by atoms with Crippen molar-refractivity contribution in [3.05, 3.63) is 92.4 Å². The van der Waals surface area contributed by atoms with E-state index in [0.29, 0.717) is 15.6 Å².